The largest absolute Gasteiger partial charge is 0.368 e. The van der Waals surface area contributed by atoms with E-state index in [0.717, 1.165) is 18.9 Å². The Kier molecular flexibility index (Phi) is 4.36. The van der Waals surface area contributed by atoms with E-state index in [1.165, 1.54) is 32.1 Å². The molecule has 0 aliphatic heterocycles. The highest BCUT2D eigenvalue weighted by atomic mass is 35.5. The second kappa shape index (κ2) is 6.00. The van der Waals surface area contributed by atoms with E-state index in [4.69, 9.17) is 17.3 Å². The van der Waals surface area contributed by atoms with Gasteiger partial charge in [0.1, 0.15) is 0 Å². The van der Waals surface area contributed by atoms with Crippen LogP contribution in [0.2, 0.25) is 5.28 Å². The lowest BCUT2D eigenvalue weighted by Gasteiger charge is -2.21. The zero-order chi connectivity index (χ0) is 12.1. The molecule has 1 aromatic rings. The third kappa shape index (κ3) is 4.00. The molecule has 0 atom stereocenters. The lowest BCUT2D eigenvalue weighted by atomic mass is 9.87. The van der Waals surface area contributed by atoms with Crippen LogP contribution in [0.4, 0.5) is 11.9 Å². The Labute approximate surface area is 106 Å². The minimum Gasteiger partial charge on any atom is -0.368 e. The number of halogens is 1. The highest BCUT2D eigenvalue weighted by Gasteiger charge is 2.12. The van der Waals surface area contributed by atoms with E-state index in [1.807, 2.05) is 0 Å². The van der Waals surface area contributed by atoms with Gasteiger partial charge in [-0.25, -0.2) is 0 Å². The summed E-state index contributed by atoms with van der Waals surface area (Å²) < 4.78 is 0. The maximum Gasteiger partial charge on any atom is 0.228 e. The highest BCUT2D eigenvalue weighted by Crippen LogP contribution is 2.26. The number of nitrogens with one attached hydrogen (secondary N) is 1. The number of rotatable bonds is 4. The zero-order valence-electron chi connectivity index (χ0n) is 9.82. The summed E-state index contributed by atoms with van der Waals surface area (Å²) >= 11 is 5.70. The Morgan fingerprint density at radius 2 is 1.94 bits per heavy atom. The molecule has 0 bridgehead atoms. The molecule has 0 amide bonds. The van der Waals surface area contributed by atoms with Gasteiger partial charge in [0.05, 0.1) is 0 Å². The fraction of sp³-hybridized carbons (Fsp3) is 0.727. The van der Waals surface area contributed by atoms with Crippen molar-refractivity contribution in [3.8, 4) is 0 Å². The van der Waals surface area contributed by atoms with Crippen LogP contribution in [0.25, 0.3) is 0 Å². The molecule has 0 spiro atoms. The van der Waals surface area contributed by atoms with Crippen molar-refractivity contribution in [1.29, 1.82) is 0 Å². The molecule has 2 rings (SSSR count). The Morgan fingerprint density at radius 3 is 2.65 bits per heavy atom. The standard InChI is InChI=1S/C11H18ClN5/c12-9-15-10(13)17-11(16-9)14-7-6-8-4-2-1-3-5-8/h8H,1-7H2,(H3,13,14,15,16,17). The minimum atomic E-state index is 0.137. The summed E-state index contributed by atoms with van der Waals surface area (Å²) in [6.45, 7) is 0.866. The third-order valence-electron chi connectivity index (χ3n) is 3.19. The minimum absolute atomic E-state index is 0.137. The first-order valence-electron chi connectivity index (χ1n) is 6.15. The second-order valence-electron chi connectivity index (χ2n) is 4.51. The van der Waals surface area contributed by atoms with Gasteiger partial charge < -0.3 is 11.1 Å². The molecule has 94 valence electrons. The molecule has 1 aliphatic carbocycles. The maximum atomic E-state index is 5.70. The van der Waals surface area contributed by atoms with Crippen molar-refractivity contribution in [3.05, 3.63) is 5.28 Å². The van der Waals surface area contributed by atoms with Gasteiger partial charge in [-0.05, 0) is 23.9 Å². The van der Waals surface area contributed by atoms with Crippen molar-refractivity contribution in [1.82, 2.24) is 15.0 Å². The SMILES string of the molecule is Nc1nc(Cl)nc(NCCC2CCCCC2)n1. The van der Waals surface area contributed by atoms with Crippen molar-refractivity contribution in [2.45, 2.75) is 38.5 Å². The van der Waals surface area contributed by atoms with Gasteiger partial charge in [0, 0.05) is 6.54 Å². The van der Waals surface area contributed by atoms with E-state index in [-0.39, 0.29) is 11.2 Å². The number of nitrogen functional groups attached to an aromatic ring is 1. The average Bonchev–Trinajstić information content (AvgIpc) is 2.29. The van der Waals surface area contributed by atoms with E-state index < -0.39 is 0 Å². The number of aromatic nitrogens is 3. The monoisotopic (exact) mass is 255 g/mol. The zero-order valence-corrected chi connectivity index (χ0v) is 10.6. The smallest absolute Gasteiger partial charge is 0.228 e. The predicted octanol–water partition coefficient (Wildman–Crippen LogP) is 2.49. The second-order valence-corrected chi connectivity index (χ2v) is 4.84. The molecule has 0 radical (unpaired) electrons. The topological polar surface area (TPSA) is 76.7 Å². The highest BCUT2D eigenvalue weighted by molar-refractivity contribution is 6.28. The summed E-state index contributed by atoms with van der Waals surface area (Å²) in [5.74, 6) is 1.47. The van der Waals surface area contributed by atoms with Crippen molar-refractivity contribution in [2.75, 3.05) is 17.6 Å². The van der Waals surface area contributed by atoms with Crippen LogP contribution in [0.5, 0.6) is 0 Å². The van der Waals surface area contributed by atoms with Gasteiger partial charge >= 0.3 is 0 Å². The Bertz CT molecular complexity index is 345. The molecule has 1 aliphatic rings. The first-order chi connectivity index (χ1) is 8.24. The molecule has 0 aromatic carbocycles. The van der Waals surface area contributed by atoms with Crippen molar-refractivity contribution in [3.63, 3.8) is 0 Å². The molecule has 5 nitrogen and oxygen atoms in total. The number of hydrogen-bond donors (Lipinski definition) is 2. The van der Waals surface area contributed by atoms with Gasteiger partial charge in [-0.3, -0.25) is 0 Å². The van der Waals surface area contributed by atoms with E-state index in [2.05, 4.69) is 20.3 Å². The van der Waals surface area contributed by atoms with E-state index >= 15 is 0 Å². The van der Waals surface area contributed by atoms with Crippen LogP contribution >= 0.6 is 11.6 Å². The van der Waals surface area contributed by atoms with Gasteiger partial charge in [-0.2, -0.15) is 15.0 Å². The lowest BCUT2D eigenvalue weighted by Crippen LogP contribution is -2.14. The summed E-state index contributed by atoms with van der Waals surface area (Å²) in [5, 5.41) is 3.28. The molecule has 6 heteroatoms. The molecule has 1 fully saturated rings. The molecular formula is C11H18ClN5. The van der Waals surface area contributed by atoms with Crippen LogP contribution in [0.15, 0.2) is 0 Å². The molecule has 3 N–H and O–H groups in total. The Morgan fingerprint density at radius 1 is 1.18 bits per heavy atom. The molecular weight excluding hydrogens is 238 g/mol. The lowest BCUT2D eigenvalue weighted by molar-refractivity contribution is 0.345. The summed E-state index contributed by atoms with van der Waals surface area (Å²) in [5.41, 5.74) is 5.49. The van der Waals surface area contributed by atoms with Gasteiger partial charge in [0.15, 0.2) is 0 Å². The fourth-order valence-electron chi connectivity index (χ4n) is 2.31. The normalized spacial score (nSPS) is 17.0. The van der Waals surface area contributed by atoms with Crippen LogP contribution < -0.4 is 11.1 Å². The summed E-state index contributed by atoms with van der Waals surface area (Å²) in [6.07, 6.45) is 7.99. The third-order valence-corrected chi connectivity index (χ3v) is 3.35. The number of nitrogens with two attached hydrogens (primary N) is 1. The number of anilines is 2. The fourth-order valence-corrected chi connectivity index (χ4v) is 2.48. The first-order valence-corrected chi connectivity index (χ1v) is 6.53. The van der Waals surface area contributed by atoms with Crippen LogP contribution in [-0.4, -0.2) is 21.5 Å². The average molecular weight is 256 g/mol. The van der Waals surface area contributed by atoms with E-state index in [0.29, 0.717) is 5.95 Å². The Hall–Kier alpha value is -1.10. The van der Waals surface area contributed by atoms with Crippen LogP contribution in [0.1, 0.15) is 38.5 Å². The summed E-state index contributed by atoms with van der Waals surface area (Å²) in [7, 11) is 0. The van der Waals surface area contributed by atoms with Gasteiger partial charge in [0.2, 0.25) is 17.2 Å². The van der Waals surface area contributed by atoms with Crippen LogP contribution in [-0.2, 0) is 0 Å². The van der Waals surface area contributed by atoms with Crippen LogP contribution in [0.3, 0.4) is 0 Å². The Balaban J connectivity index is 1.77. The van der Waals surface area contributed by atoms with Crippen LogP contribution in [0, 0.1) is 5.92 Å². The number of nitrogens with zero attached hydrogens (tertiary/aromatic N) is 3. The predicted molar refractivity (Wildman–Crippen MR) is 68.9 cm³/mol. The molecule has 1 heterocycles. The summed E-state index contributed by atoms with van der Waals surface area (Å²) in [6, 6.07) is 0. The van der Waals surface area contributed by atoms with Gasteiger partial charge in [-0.1, -0.05) is 32.1 Å². The molecule has 17 heavy (non-hydrogen) atoms. The van der Waals surface area contributed by atoms with Crippen molar-refractivity contribution < 1.29 is 0 Å². The van der Waals surface area contributed by atoms with E-state index in [9.17, 15) is 0 Å². The van der Waals surface area contributed by atoms with Crippen molar-refractivity contribution in [2.24, 2.45) is 5.92 Å². The molecule has 0 unspecified atom stereocenters. The van der Waals surface area contributed by atoms with Gasteiger partial charge in [0.25, 0.3) is 0 Å². The van der Waals surface area contributed by atoms with Gasteiger partial charge in [-0.15, -0.1) is 0 Å². The molecule has 1 aromatic heterocycles. The first kappa shape index (κ1) is 12.4. The quantitative estimate of drug-likeness (QED) is 0.864. The van der Waals surface area contributed by atoms with E-state index in [1.54, 1.807) is 0 Å². The molecule has 0 saturated heterocycles. The summed E-state index contributed by atoms with van der Waals surface area (Å²) in [4.78, 5) is 11.7. The number of hydrogen-bond acceptors (Lipinski definition) is 5. The maximum absolute atomic E-state index is 5.70. The van der Waals surface area contributed by atoms with Crippen molar-refractivity contribution >= 4 is 23.5 Å². The molecule has 1 saturated carbocycles.